The molecule has 3 nitrogen and oxygen atoms in total. The number of amides is 1. The molecule has 1 amide bonds. The van der Waals surface area contributed by atoms with Gasteiger partial charge in [-0.15, -0.1) is 12.4 Å². The predicted octanol–water partition coefficient (Wildman–Crippen LogP) is 3.01. The molecule has 1 aliphatic heterocycles. The molecule has 1 heterocycles. The lowest BCUT2D eigenvalue weighted by molar-refractivity contribution is -0.136. The Morgan fingerprint density at radius 3 is 2.82 bits per heavy atom. The highest BCUT2D eigenvalue weighted by Crippen LogP contribution is 2.21. The van der Waals surface area contributed by atoms with Crippen LogP contribution in [0.25, 0.3) is 0 Å². The van der Waals surface area contributed by atoms with Crippen LogP contribution in [0, 0.1) is 17.7 Å². The average Bonchev–Trinajstić information content (AvgIpc) is 2.46. The van der Waals surface area contributed by atoms with Gasteiger partial charge in [0, 0.05) is 25.0 Å². The standard InChI is InChI=1S/C17H25FN2O.ClH/c1-12(9-14-5-3-7-16(18)10-14)17(21)20-8-4-6-15(11-20)13(2)19;/h3,5,7,10,12-13,15H,4,6,8-9,11,19H2,1-2H3;1H. The first kappa shape index (κ1) is 18.9. The Morgan fingerprint density at radius 2 is 2.18 bits per heavy atom. The quantitative estimate of drug-likeness (QED) is 0.923. The number of nitrogens with zero attached hydrogens (tertiary/aromatic N) is 1. The van der Waals surface area contributed by atoms with Crippen molar-refractivity contribution in [1.82, 2.24) is 4.90 Å². The summed E-state index contributed by atoms with van der Waals surface area (Å²) < 4.78 is 13.2. The van der Waals surface area contributed by atoms with Crippen LogP contribution in [0.15, 0.2) is 24.3 Å². The number of halogens is 2. The van der Waals surface area contributed by atoms with E-state index in [-0.39, 0.29) is 36.1 Å². The summed E-state index contributed by atoms with van der Waals surface area (Å²) in [5.74, 6) is 0.175. The van der Waals surface area contributed by atoms with Gasteiger partial charge in [-0.3, -0.25) is 4.79 Å². The number of piperidine rings is 1. The lowest BCUT2D eigenvalue weighted by Crippen LogP contribution is -2.46. The minimum absolute atomic E-state index is 0. The first-order valence-electron chi connectivity index (χ1n) is 7.76. The molecule has 0 aliphatic carbocycles. The number of likely N-dealkylation sites (tertiary alicyclic amines) is 1. The fourth-order valence-corrected chi connectivity index (χ4v) is 3.06. The number of carbonyl (C=O) groups excluding carboxylic acids is 1. The topological polar surface area (TPSA) is 46.3 Å². The van der Waals surface area contributed by atoms with E-state index in [0.717, 1.165) is 31.5 Å². The molecule has 0 aromatic heterocycles. The second kappa shape index (κ2) is 8.49. The van der Waals surface area contributed by atoms with Crippen LogP contribution in [-0.2, 0) is 11.2 Å². The molecule has 2 rings (SSSR count). The highest BCUT2D eigenvalue weighted by Gasteiger charge is 2.28. The molecular weight excluding hydrogens is 303 g/mol. The Morgan fingerprint density at radius 1 is 1.45 bits per heavy atom. The van der Waals surface area contributed by atoms with Gasteiger partial charge in [-0.05, 0) is 49.8 Å². The van der Waals surface area contributed by atoms with Crippen LogP contribution < -0.4 is 5.73 Å². The molecular formula is C17H26ClFN2O. The van der Waals surface area contributed by atoms with E-state index < -0.39 is 0 Å². The molecule has 1 saturated heterocycles. The van der Waals surface area contributed by atoms with Gasteiger partial charge < -0.3 is 10.6 Å². The average molecular weight is 329 g/mol. The molecule has 3 unspecified atom stereocenters. The van der Waals surface area contributed by atoms with Crippen molar-refractivity contribution in [1.29, 1.82) is 0 Å². The molecule has 1 aromatic carbocycles. The molecule has 5 heteroatoms. The van der Waals surface area contributed by atoms with E-state index in [9.17, 15) is 9.18 Å². The van der Waals surface area contributed by atoms with Crippen LogP contribution in [0.3, 0.4) is 0 Å². The van der Waals surface area contributed by atoms with Crippen LogP contribution in [0.5, 0.6) is 0 Å². The maximum atomic E-state index is 13.2. The third kappa shape index (κ3) is 4.96. The summed E-state index contributed by atoms with van der Waals surface area (Å²) >= 11 is 0. The highest BCUT2D eigenvalue weighted by atomic mass is 35.5. The summed E-state index contributed by atoms with van der Waals surface area (Å²) in [6, 6.07) is 6.61. The number of rotatable bonds is 4. The molecule has 3 atom stereocenters. The smallest absolute Gasteiger partial charge is 0.225 e. The van der Waals surface area contributed by atoms with Gasteiger partial charge in [-0.25, -0.2) is 4.39 Å². The van der Waals surface area contributed by atoms with Gasteiger partial charge in [-0.1, -0.05) is 19.1 Å². The lowest BCUT2D eigenvalue weighted by atomic mass is 9.91. The summed E-state index contributed by atoms with van der Waals surface area (Å²) in [5, 5.41) is 0. The maximum absolute atomic E-state index is 13.2. The van der Waals surface area contributed by atoms with E-state index >= 15 is 0 Å². The minimum Gasteiger partial charge on any atom is -0.342 e. The van der Waals surface area contributed by atoms with Crippen molar-refractivity contribution < 1.29 is 9.18 Å². The van der Waals surface area contributed by atoms with Crippen molar-refractivity contribution in [2.24, 2.45) is 17.6 Å². The molecule has 1 aliphatic rings. The van der Waals surface area contributed by atoms with Gasteiger partial charge in [0.15, 0.2) is 0 Å². The van der Waals surface area contributed by atoms with Gasteiger partial charge in [-0.2, -0.15) is 0 Å². The summed E-state index contributed by atoms with van der Waals surface area (Å²) in [6.07, 6.45) is 2.69. The van der Waals surface area contributed by atoms with Crippen molar-refractivity contribution in [3.8, 4) is 0 Å². The number of benzene rings is 1. The third-order valence-electron chi connectivity index (χ3n) is 4.37. The zero-order valence-corrected chi connectivity index (χ0v) is 14.1. The Labute approximate surface area is 138 Å². The molecule has 1 aromatic rings. The highest BCUT2D eigenvalue weighted by molar-refractivity contribution is 5.85. The maximum Gasteiger partial charge on any atom is 0.225 e. The second-order valence-electron chi connectivity index (χ2n) is 6.28. The van der Waals surface area contributed by atoms with Gasteiger partial charge in [0.2, 0.25) is 5.91 Å². The molecule has 1 fully saturated rings. The number of carbonyl (C=O) groups is 1. The van der Waals surface area contributed by atoms with Gasteiger partial charge in [0.1, 0.15) is 5.82 Å². The van der Waals surface area contributed by atoms with Crippen LogP contribution in [0.1, 0.15) is 32.3 Å². The Kier molecular flexibility index (Phi) is 7.30. The molecule has 0 spiro atoms. The normalized spacial score (nSPS) is 20.9. The van der Waals surface area contributed by atoms with Gasteiger partial charge in [0.25, 0.3) is 0 Å². The molecule has 124 valence electrons. The Bertz CT molecular complexity index is 495. The van der Waals surface area contributed by atoms with Crippen LogP contribution in [0.2, 0.25) is 0 Å². The van der Waals surface area contributed by atoms with E-state index in [2.05, 4.69) is 0 Å². The molecule has 0 saturated carbocycles. The first-order chi connectivity index (χ1) is 9.97. The number of hydrogen-bond acceptors (Lipinski definition) is 2. The third-order valence-corrected chi connectivity index (χ3v) is 4.37. The fraction of sp³-hybridized carbons (Fsp3) is 0.588. The monoisotopic (exact) mass is 328 g/mol. The van der Waals surface area contributed by atoms with Gasteiger partial charge >= 0.3 is 0 Å². The summed E-state index contributed by atoms with van der Waals surface area (Å²) in [7, 11) is 0. The van der Waals surface area contributed by atoms with Crippen molar-refractivity contribution in [2.75, 3.05) is 13.1 Å². The van der Waals surface area contributed by atoms with E-state index in [0.29, 0.717) is 12.3 Å². The van der Waals surface area contributed by atoms with E-state index in [1.165, 1.54) is 12.1 Å². The fourth-order valence-electron chi connectivity index (χ4n) is 3.06. The van der Waals surface area contributed by atoms with E-state index in [4.69, 9.17) is 5.73 Å². The van der Waals surface area contributed by atoms with Crippen molar-refractivity contribution in [3.05, 3.63) is 35.6 Å². The predicted molar refractivity (Wildman–Crippen MR) is 89.5 cm³/mol. The van der Waals surface area contributed by atoms with E-state index in [1.807, 2.05) is 24.8 Å². The van der Waals surface area contributed by atoms with Crippen molar-refractivity contribution in [2.45, 2.75) is 39.2 Å². The van der Waals surface area contributed by atoms with Crippen LogP contribution in [0.4, 0.5) is 4.39 Å². The molecule has 0 radical (unpaired) electrons. The largest absolute Gasteiger partial charge is 0.342 e. The number of hydrogen-bond donors (Lipinski definition) is 1. The van der Waals surface area contributed by atoms with Gasteiger partial charge in [0.05, 0.1) is 0 Å². The SMILES string of the molecule is CC(Cc1cccc(F)c1)C(=O)N1CCCC(C(C)N)C1.Cl. The zero-order chi connectivity index (χ0) is 15.4. The summed E-state index contributed by atoms with van der Waals surface area (Å²) in [4.78, 5) is 14.5. The van der Waals surface area contributed by atoms with E-state index in [1.54, 1.807) is 6.07 Å². The van der Waals surface area contributed by atoms with Crippen molar-refractivity contribution in [3.63, 3.8) is 0 Å². The Balaban J connectivity index is 0.00000242. The lowest BCUT2D eigenvalue weighted by Gasteiger charge is -2.36. The molecule has 22 heavy (non-hydrogen) atoms. The molecule has 0 bridgehead atoms. The Hall–Kier alpha value is -1.13. The number of nitrogens with two attached hydrogens (primary N) is 1. The zero-order valence-electron chi connectivity index (χ0n) is 13.3. The van der Waals surface area contributed by atoms with Crippen LogP contribution >= 0.6 is 12.4 Å². The minimum atomic E-state index is -0.248. The van der Waals surface area contributed by atoms with Crippen LogP contribution in [-0.4, -0.2) is 29.9 Å². The first-order valence-corrected chi connectivity index (χ1v) is 7.76. The second-order valence-corrected chi connectivity index (χ2v) is 6.28. The van der Waals surface area contributed by atoms with Crippen molar-refractivity contribution >= 4 is 18.3 Å². The summed E-state index contributed by atoms with van der Waals surface area (Å²) in [6.45, 7) is 5.50. The molecule has 2 N–H and O–H groups in total. The summed E-state index contributed by atoms with van der Waals surface area (Å²) in [5.41, 5.74) is 6.84.